The van der Waals surface area contributed by atoms with Crippen LogP contribution in [0.4, 0.5) is 0 Å². The van der Waals surface area contributed by atoms with Crippen molar-refractivity contribution in [3.63, 3.8) is 0 Å². The van der Waals surface area contributed by atoms with E-state index in [0.29, 0.717) is 12.2 Å². The van der Waals surface area contributed by atoms with Crippen LogP contribution in [0.25, 0.3) is 0 Å². The largest absolute Gasteiger partial charge is 0.497 e. The monoisotopic (exact) mass is 289 g/mol. The Morgan fingerprint density at radius 3 is 2.53 bits per heavy atom. The smallest absolute Gasteiger partial charge is 0.244 e. The van der Waals surface area contributed by atoms with Gasteiger partial charge in [-0.05, 0) is 25.5 Å². The van der Waals surface area contributed by atoms with E-state index in [4.69, 9.17) is 14.6 Å². The predicted molar refractivity (Wildman–Crippen MR) is 71.0 cm³/mol. The average Bonchev–Trinajstić information content (AvgIpc) is 2.37. The molecule has 1 aromatic rings. The first kappa shape index (κ1) is 15.7. The molecule has 108 valence electrons. The van der Waals surface area contributed by atoms with Gasteiger partial charge in [0.1, 0.15) is 16.4 Å². The summed E-state index contributed by atoms with van der Waals surface area (Å²) in [4.78, 5) is 0.0430. The summed E-state index contributed by atoms with van der Waals surface area (Å²) >= 11 is 0. The number of ether oxygens (including phenoxy) is 2. The molecule has 0 aliphatic rings. The van der Waals surface area contributed by atoms with Gasteiger partial charge in [0.2, 0.25) is 10.0 Å². The van der Waals surface area contributed by atoms with E-state index >= 15 is 0 Å². The van der Waals surface area contributed by atoms with Crippen molar-refractivity contribution in [1.82, 2.24) is 4.72 Å². The molecule has 0 bridgehead atoms. The predicted octanol–water partition coefficient (Wildman–Crippen LogP) is 0.753. The standard InChI is InChI=1S/C12H19NO5S/c1-9(14)6-7-13-19(15,16)12-5-4-10(17-2)8-11(12)18-3/h4-5,8-9,13-14H,6-7H2,1-3H3. The Balaban J connectivity index is 2.94. The summed E-state index contributed by atoms with van der Waals surface area (Å²) in [6.45, 7) is 1.76. The number of nitrogens with one attached hydrogen (secondary N) is 1. The fraction of sp³-hybridized carbons (Fsp3) is 0.500. The maximum Gasteiger partial charge on any atom is 0.244 e. The number of benzene rings is 1. The lowest BCUT2D eigenvalue weighted by Crippen LogP contribution is -2.27. The molecular weight excluding hydrogens is 270 g/mol. The van der Waals surface area contributed by atoms with E-state index in [1.807, 2.05) is 0 Å². The van der Waals surface area contributed by atoms with Gasteiger partial charge in [-0.15, -0.1) is 0 Å². The lowest BCUT2D eigenvalue weighted by molar-refractivity contribution is 0.186. The van der Waals surface area contributed by atoms with Crippen LogP contribution in [0.5, 0.6) is 11.5 Å². The Bertz CT molecular complexity index is 513. The molecule has 7 heteroatoms. The molecule has 1 aromatic carbocycles. The molecule has 0 amide bonds. The minimum Gasteiger partial charge on any atom is -0.497 e. The summed E-state index contributed by atoms with van der Waals surface area (Å²) in [5.41, 5.74) is 0. The maximum atomic E-state index is 12.1. The van der Waals surface area contributed by atoms with Crippen LogP contribution in [0.3, 0.4) is 0 Å². The summed E-state index contributed by atoms with van der Waals surface area (Å²) in [5, 5.41) is 9.11. The van der Waals surface area contributed by atoms with Crippen LogP contribution in [0.1, 0.15) is 13.3 Å². The Kier molecular flexibility index (Phi) is 5.59. The van der Waals surface area contributed by atoms with Crippen LogP contribution in [0.2, 0.25) is 0 Å². The Labute approximate surface area is 113 Å². The van der Waals surface area contributed by atoms with Gasteiger partial charge in [0.15, 0.2) is 0 Å². The quantitative estimate of drug-likeness (QED) is 0.774. The maximum absolute atomic E-state index is 12.1. The van der Waals surface area contributed by atoms with E-state index in [1.165, 1.54) is 26.4 Å². The number of hydrogen-bond donors (Lipinski definition) is 2. The van der Waals surface area contributed by atoms with Gasteiger partial charge in [0, 0.05) is 12.6 Å². The van der Waals surface area contributed by atoms with Crippen LogP contribution in [0, 0.1) is 0 Å². The van der Waals surface area contributed by atoms with Crippen LogP contribution < -0.4 is 14.2 Å². The Morgan fingerprint density at radius 2 is 2.00 bits per heavy atom. The molecule has 6 nitrogen and oxygen atoms in total. The molecular formula is C12H19NO5S. The second-order valence-electron chi connectivity index (χ2n) is 4.05. The minimum absolute atomic E-state index is 0.0430. The molecule has 1 atom stereocenters. The summed E-state index contributed by atoms with van der Waals surface area (Å²) < 4.78 is 36.6. The summed E-state index contributed by atoms with van der Waals surface area (Å²) in [6.07, 6.45) is -0.210. The number of hydrogen-bond acceptors (Lipinski definition) is 5. The first-order valence-corrected chi connectivity index (χ1v) is 7.28. The van der Waals surface area contributed by atoms with Crippen molar-refractivity contribution in [1.29, 1.82) is 0 Å². The zero-order valence-electron chi connectivity index (χ0n) is 11.2. The molecule has 0 saturated heterocycles. The second-order valence-corrected chi connectivity index (χ2v) is 5.79. The highest BCUT2D eigenvalue weighted by atomic mass is 32.2. The van der Waals surface area contributed by atoms with Crippen LogP contribution in [-0.2, 0) is 10.0 Å². The minimum atomic E-state index is -3.67. The van der Waals surface area contributed by atoms with E-state index in [-0.39, 0.29) is 17.2 Å². The molecule has 0 aliphatic carbocycles. The molecule has 0 radical (unpaired) electrons. The van der Waals surface area contributed by atoms with E-state index < -0.39 is 16.1 Å². The van der Waals surface area contributed by atoms with Gasteiger partial charge in [-0.3, -0.25) is 0 Å². The van der Waals surface area contributed by atoms with E-state index in [2.05, 4.69) is 4.72 Å². The molecule has 1 rings (SSSR count). The van der Waals surface area contributed by atoms with Crippen molar-refractivity contribution in [2.75, 3.05) is 20.8 Å². The number of aliphatic hydroxyl groups excluding tert-OH is 1. The molecule has 1 unspecified atom stereocenters. The number of aliphatic hydroxyl groups is 1. The van der Waals surface area contributed by atoms with Gasteiger partial charge in [-0.2, -0.15) is 0 Å². The highest BCUT2D eigenvalue weighted by Crippen LogP contribution is 2.28. The number of sulfonamides is 1. The molecule has 2 N–H and O–H groups in total. The average molecular weight is 289 g/mol. The highest BCUT2D eigenvalue weighted by Gasteiger charge is 2.19. The molecule has 0 heterocycles. The van der Waals surface area contributed by atoms with E-state index in [1.54, 1.807) is 13.0 Å². The van der Waals surface area contributed by atoms with Crippen molar-refractivity contribution in [3.05, 3.63) is 18.2 Å². The first-order chi connectivity index (χ1) is 8.90. The van der Waals surface area contributed by atoms with Crippen molar-refractivity contribution in [2.45, 2.75) is 24.3 Å². The van der Waals surface area contributed by atoms with Gasteiger partial charge in [0.05, 0.1) is 20.3 Å². The van der Waals surface area contributed by atoms with Crippen molar-refractivity contribution < 1.29 is 23.0 Å². The van der Waals surface area contributed by atoms with Crippen LogP contribution >= 0.6 is 0 Å². The third-order valence-corrected chi connectivity index (χ3v) is 4.01. The van der Waals surface area contributed by atoms with Crippen molar-refractivity contribution in [3.8, 4) is 11.5 Å². The molecule has 0 fully saturated rings. The van der Waals surface area contributed by atoms with Crippen LogP contribution in [-0.4, -0.2) is 40.4 Å². The molecule has 0 aromatic heterocycles. The Morgan fingerprint density at radius 1 is 1.32 bits per heavy atom. The van der Waals surface area contributed by atoms with Gasteiger partial charge in [-0.25, -0.2) is 13.1 Å². The topological polar surface area (TPSA) is 84.9 Å². The summed E-state index contributed by atoms with van der Waals surface area (Å²) in [6, 6.07) is 4.47. The first-order valence-electron chi connectivity index (χ1n) is 5.80. The van der Waals surface area contributed by atoms with Gasteiger partial charge >= 0.3 is 0 Å². The molecule has 19 heavy (non-hydrogen) atoms. The highest BCUT2D eigenvalue weighted by molar-refractivity contribution is 7.89. The normalized spacial score (nSPS) is 13.1. The van der Waals surface area contributed by atoms with Gasteiger partial charge < -0.3 is 14.6 Å². The summed E-state index contributed by atoms with van der Waals surface area (Å²) in [5.74, 6) is 0.726. The number of rotatable bonds is 7. The lowest BCUT2D eigenvalue weighted by atomic mass is 10.3. The van der Waals surface area contributed by atoms with Crippen molar-refractivity contribution in [2.24, 2.45) is 0 Å². The molecule has 0 aliphatic heterocycles. The zero-order valence-corrected chi connectivity index (χ0v) is 12.0. The lowest BCUT2D eigenvalue weighted by Gasteiger charge is -2.12. The SMILES string of the molecule is COc1ccc(S(=O)(=O)NCCC(C)O)c(OC)c1. The molecule has 0 saturated carbocycles. The van der Waals surface area contributed by atoms with Gasteiger partial charge in [0.25, 0.3) is 0 Å². The fourth-order valence-corrected chi connectivity index (χ4v) is 2.67. The zero-order chi connectivity index (χ0) is 14.5. The summed E-state index contributed by atoms with van der Waals surface area (Å²) in [7, 11) is -0.783. The second kappa shape index (κ2) is 6.74. The van der Waals surface area contributed by atoms with E-state index in [0.717, 1.165) is 0 Å². The number of methoxy groups -OCH3 is 2. The fourth-order valence-electron chi connectivity index (χ4n) is 1.48. The Hall–Kier alpha value is -1.31. The van der Waals surface area contributed by atoms with Gasteiger partial charge in [-0.1, -0.05) is 0 Å². The third-order valence-electron chi connectivity index (χ3n) is 2.51. The van der Waals surface area contributed by atoms with Crippen molar-refractivity contribution >= 4 is 10.0 Å². The van der Waals surface area contributed by atoms with Crippen LogP contribution in [0.15, 0.2) is 23.1 Å². The molecule has 0 spiro atoms. The third kappa shape index (κ3) is 4.38. The van der Waals surface area contributed by atoms with E-state index in [9.17, 15) is 8.42 Å².